The Hall–Kier alpha value is -2.89. The number of allylic oxidation sites excluding steroid dienone is 1. The third-order valence-corrected chi connectivity index (χ3v) is 4.50. The Bertz CT molecular complexity index is 813. The Morgan fingerprint density at radius 3 is 2.65 bits per heavy atom. The van der Waals surface area contributed by atoms with Gasteiger partial charge in [0.2, 0.25) is 5.91 Å². The van der Waals surface area contributed by atoms with Crippen molar-refractivity contribution in [1.82, 2.24) is 20.6 Å². The normalized spacial score (nSPS) is 16.4. The minimum Gasteiger partial charge on any atom is -0.388 e. The van der Waals surface area contributed by atoms with E-state index in [1.54, 1.807) is 0 Å². The summed E-state index contributed by atoms with van der Waals surface area (Å²) in [6, 6.07) is 10.3. The van der Waals surface area contributed by atoms with Crippen molar-refractivity contribution in [2.45, 2.75) is 26.2 Å². The topological polar surface area (TPSA) is 78.9 Å². The molecule has 6 heteroatoms. The first-order chi connectivity index (χ1) is 12.5. The van der Waals surface area contributed by atoms with E-state index in [4.69, 9.17) is 0 Å². The summed E-state index contributed by atoms with van der Waals surface area (Å²) in [7, 11) is 1.91. The fourth-order valence-electron chi connectivity index (χ4n) is 3.03. The van der Waals surface area contributed by atoms with Gasteiger partial charge in [0.05, 0.1) is 12.2 Å². The third kappa shape index (κ3) is 4.39. The van der Waals surface area contributed by atoms with Crippen LogP contribution in [-0.2, 0) is 4.79 Å². The van der Waals surface area contributed by atoms with E-state index >= 15 is 0 Å². The average molecular weight is 351 g/mol. The maximum absolute atomic E-state index is 11.0. The molecule has 136 valence electrons. The van der Waals surface area contributed by atoms with Crippen LogP contribution in [0.25, 0.3) is 11.3 Å². The zero-order chi connectivity index (χ0) is 18.5. The molecule has 26 heavy (non-hydrogen) atoms. The molecule has 1 aliphatic rings. The van der Waals surface area contributed by atoms with Crippen LogP contribution in [0.15, 0.2) is 42.1 Å². The van der Waals surface area contributed by atoms with Gasteiger partial charge in [-0.05, 0) is 31.5 Å². The van der Waals surface area contributed by atoms with E-state index in [2.05, 4.69) is 50.2 Å². The highest BCUT2D eigenvalue weighted by atomic mass is 16.1. The highest BCUT2D eigenvalue weighted by Gasteiger charge is 2.18. The van der Waals surface area contributed by atoms with Crippen LogP contribution in [0, 0.1) is 6.92 Å². The lowest BCUT2D eigenvalue weighted by Gasteiger charge is -2.24. The molecule has 1 aromatic carbocycles. The Morgan fingerprint density at radius 1 is 1.27 bits per heavy atom. The largest absolute Gasteiger partial charge is 0.388 e. The number of hydrogen-bond acceptors (Lipinski definition) is 5. The van der Waals surface area contributed by atoms with E-state index < -0.39 is 0 Å². The molecule has 0 radical (unpaired) electrons. The first-order valence-corrected chi connectivity index (χ1v) is 8.86. The minimum atomic E-state index is -0.0183. The van der Waals surface area contributed by atoms with E-state index in [-0.39, 0.29) is 5.91 Å². The van der Waals surface area contributed by atoms with Gasteiger partial charge in [-0.2, -0.15) is 0 Å². The van der Waals surface area contributed by atoms with E-state index in [9.17, 15) is 4.79 Å². The summed E-state index contributed by atoms with van der Waals surface area (Å²) in [5.74, 6) is 1.06. The molecule has 3 N–H and O–H groups in total. The lowest BCUT2D eigenvalue weighted by atomic mass is 9.96. The summed E-state index contributed by atoms with van der Waals surface area (Å²) < 4.78 is 0. The molecule has 1 atom stereocenters. The van der Waals surface area contributed by atoms with Crippen LogP contribution in [0.1, 0.15) is 30.8 Å². The molecule has 1 unspecified atom stereocenters. The van der Waals surface area contributed by atoms with Gasteiger partial charge in [0, 0.05) is 49.1 Å². The number of carbonyl (C=O) groups excluding carboxylic acids is 1. The molecule has 0 saturated carbocycles. The molecule has 2 aromatic rings. The predicted octanol–water partition coefficient (Wildman–Crippen LogP) is 2.59. The Morgan fingerprint density at radius 2 is 2.04 bits per heavy atom. The fraction of sp³-hybridized carbons (Fsp3) is 0.350. The summed E-state index contributed by atoms with van der Waals surface area (Å²) in [5, 5.41) is 9.34. The SMILES string of the molecule is CNc1ccc(-c2cc(C3CC=C(CNC(C)=O)NC3)nc(C)n2)cc1. The number of carbonyl (C=O) groups is 1. The lowest BCUT2D eigenvalue weighted by Crippen LogP contribution is -2.33. The van der Waals surface area contributed by atoms with Gasteiger partial charge in [0.1, 0.15) is 5.82 Å². The zero-order valence-corrected chi connectivity index (χ0v) is 15.5. The second-order valence-electron chi connectivity index (χ2n) is 6.51. The van der Waals surface area contributed by atoms with Gasteiger partial charge in [0.15, 0.2) is 0 Å². The quantitative estimate of drug-likeness (QED) is 0.772. The van der Waals surface area contributed by atoms with Gasteiger partial charge in [-0.1, -0.05) is 18.2 Å². The van der Waals surface area contributed by atoms with Gasteiger partial charge in [0.25, 0.3) is 0 Å². The highest BCUT2D eigenvalue weighted by molar-refractivity contribution is 5.73. The van der Waals surface area contributed by atoms with Gasteiger partial charge < -0.3 is 16.0 Å². The molecule has 2 heterocycles. The maximum atomic E-state index is 11.0. The summed E-state index contributed by atoms with van der Waals surface area (Å²) >= 11 is 0. The van der Waals surface area contributed by atoms with Crippen molar-refractivity contribution in [2.24, 2.45) is 0 Å². The van der Waals surface area contributed by atoms with Crippen molar-refractivity contribution in [3.8, 4) is 11.3 Å². The second kappa shape index (κ2) is 7.99. The molecule has 6 nitrogen and oxygen atoms in total. The smallest absolute Gasteiger partial charge is 0.217 e. The average Bonchev–Trinajstić information content (AvgIpc) is 2.66. The van der Waals surface area contributed by atoms with E-state index in [0.717, 1.165) is 47.1 Å². The first-order valence-electron chi connectivity index (χ1n) is 8.86. The molecule has 0 aliphatic carbocycles. The lowest BCUT2D eigenvalue weighted by molar-refractivity contribution is -0.118. The first kappa shape index (κ1) is 17.9. The summed E-state index contributed by atoms with van der Waals surface area (Å²) in [4.78, 5) is 20.3. The van der Waals surface area contributed by atoms with Crippen LogP contribution in [-0.4, -0.2) is 36.0 Å². The van der Waals surface area contributed by atoms with Gasteiger partial charge in [-0.25, -0.2) is 9.97 Å². The number of hydrogen-bond donors (Lipinski definition) is 3. The van der Waals surface area contributed by atoms with Crippen molar-refractivity contribution in [3.05, 3.63) is 53.6 Å². The Kier molecular flexibility index (Phi) is 5.51. The summed E-state index contributed by atoms with van der Waals surface area (Å²) in [6.45, 7) is 4.82. The Labute approximate surface area is 154 Å². The summed E-state index contributed by atoms with van der Waals surface area (Å²) in [6.07, 6.45) is 3.04. The second-order valence-corrected chi connectivity index (χ2v) is 6.51. The highest BCUT2D eigenvalue weighted by Crippen LogP contribution is 2.26. The van der Waals surface area contributed by atoms with Crippen molar-refractivity contribution >= 4 is 11.6 Å². The van der Waals surface area contributed by atoms with Crippen LogP contribution in [0.3, 0.4) is 0 Å². The van der Waals surface area contributed by atoms with Crippen LogP contribution in [0.2, 0.25) is 0 Å². The number of aromatic nitrogens is 2. The number of benzene rings is 1. The molecule has 3 rings (SSSR count). The number of nitrogens with zero attached hydrogens (tertiary/aromatic N) is 2. The molecule has 0 bridgehead atoms. The number of nitrogens with one attached hydrogen (secondary N) is 3. The number of rotatable bonds is 5. The molecule has 0 saturated heterocycles. The zero-order valence-electron chi connectivity index (χ0n) is 15.5. The van der Waals surface area contributed by atoms with E-state index in [1.165, 1.54) is 6.92 Å². The maximum Gasteiger partial charge on any atom is 0.217 e. The molecule has 0 spiro atoms. The molecule has 1 aliphatic heterocycles. The minimum absolute atomic E-state index is 0.0183. The van der Waals surface area contributed by atoms with Crippen molar-refractivity contribution < 1.29 is 4.79 Å². The molecular formula is C20H25N5O. The van der Waals surface area contributed by atoms with Crippen LogP contribution >= 0.6 is 0 Å². The number of amides is 1. The van der Waals surface area contributed by atoms with Crippen LogP contribution < -0.4 is 16.0 Å². The molecule has 0 fully saturated rings. The van der Waals surface area contributed by atoms with E-state index in [1.807, 2.05) is 26.1 Å². The fourth-order valence-corrected chi connectivity index (χ4v) is 3.03. The standard InChI is InChI=1S/C20H25N5O/c1-13-24-19(15-4-7-17(21-3)8-5-15)10-20(25-13)16-6-9-18(23-11-16)12-22-14(2)26/h4-5,7-10,16,21,23H,6,11-12H2,1-3H3,(H,22,26). The monoisotopic (exact) mass is 351 g/mol. The number of anilines is 1. The van der Waals surface area contributed by atoms with Crippen molar-refractivity contribution in [2.75, 3.05) is 25.5 Å². The molecule has 1 aromatic heterocycles. The Balaban J connectivity index is 1.76. The molecular weight excluding hydrogens is 326 g/mol. The van der Waals surface area contributed by atoms with Gasteiger partial charge in [-0.3, -0.25) is 4.79 Å². The van der Waals surface area contributed by atoms with Crippen molar-refractivity contribution in [1.29, 1.82) is 0 Å². The molecule has 1 amide bonds. The summed E-state index contributed by atoms with van der Waals surface area (Å²) in [5.41, 5.74) is 5.22. The van der Waals surface area contributed by atoms with Gasteiger partial charge in [-0.15, -0.1) is 0 Å². The van der Waals surface area contributed by atoms with Crippen LogP contribution in [0.5, 0.6) is 0 Å². The number of aryl methyl sites for hydroxylation is 1. The third-order valence-electron chi connectivity index (χ3n) is 4.50. The van der Waals surface area contributed by atoms with E-state index in [0.29, 0.717) is 12.5 Å². The van der Waals surface area contributed by atoms with Crippen LogP contribution in [0.4, 0.5) is 5.69 Å². The predicted molar refractivity (Wildman–Crippen MR) is 104 cm³/mol. The van der Waals surface area contributed by atoms with Gasteiger partial charge >= 0.3 is 0 Å². The van der Waals surface area contributed by atoms with Crippen molar-refractivity contribution in [3.63, 3.8) is 0 Å².